The molecule has 0 spiro atoms. The molecule has 7 heteroatoms. The molecule has 2 aromatic rings. The Kier molecular flexibility index (Phi) is 5.65. The van der Waals surface area contributed by atoms with Crippen LogP contribution in [0.2, 0.25) is 0 Å². The SMILES string of the molecule is COCC(=O)N1CCCC1c1nc(CCOc2cccc(C)c2)no1. The van der Waals surface area contributed by atoms with Crippen LogP contribution in [0, 0.1) is 6.92 Å². The number of rotatable bonds is 7. The van der Waals surface area contributed by atoms with E-state index >= 15 is 0 Å². The summed E-state index contributed by atoms with van der Waals surface area (Å²) < 4.78 is 16.0. The predicted octanol–water partition coefficient (Wildman–Crippen LogP) is 2.31. The maximum absolute atomic E-state index is 12.1. The molecule has 1 fully saturated rings. The second kappa shape index (κ2) is 8.11. The first kappa shape index (κ1) is 17.4. The average molecular weight is 345 g/mol. The third-order valence-electron chi connectivity index (χ3n) is 4.19. The number of nitrogens with zero attached hydrogens (tertiary/aromatic N) is 3. The van der Waals surface area contributed by atoms with Crippen LogP contribution >= 0.6 is 0 Å². The van der Waals surface area contributed by atoms with Gasteiger partial charge in [-0.05, 0) is 37.5 Å². The molecule has 1 aliphatic heterocycles. The molecule has 1 aromatic heterocycles. The lowest BCUT2D eigenvalue weighted by Crippen LogP contribution is -2.33. The summed E-state index contributed by atoms with van der Waals surface area (Å²) in [6.07, 6.45) is 2.31. The van der Waals surface area contributed by atoms with Gasteiger partial charge in [-0.1, -0.05) is 17.3 Å². The highest BCUT2D eigenvalue weighted by molar-refractivity contribution is 5.78. The highest BCUT2D eigenvalue weighted by Crippen LogP contribution is 2.30. The molecular weight excluding hydrogens is 322 g/mol. The van der Waals surface area contributed by atoms with Crippen molar-refractivity contribution < 1.29 is 18.8 Å². The molecule has 1 aliphatic rings. The van der Waals surface area contributed by atoms with E-state index in [1.54, 1.807) is 4.90 Å². The molecule has 0 N–H and O–H groups in total. The van der Waals surface area contributed by atoms with Crippen LogP contribution in [0.1, 0.15) is 36.2 Å². The van der Waals surface area contributed by atoms with Crippen LogP contribution in [-0.2, 0) is 16.0 Å². The molecule has 7 nitrogen and oxygen atoms in total. The van der Waals surface area contributed by atoms with E-state index < -0.39 is 0 Å². The van der Waals surface area contributed by atoms with Crippen molar-refractivity contribution in [2.45, 2.75) is 32.2 Å². The van der Waals surface area contributed by atoms with E-state index in [2.05, 4.69) is 10.1 Å². The first-order chi connectivity index (χ1) is 12.2. The molecule has 2 heterocycles. The Morgan fingerprint density at radius 3 is 3.12 bits per heavy atom. The summed E-state index contributed by atoms with van der Waals surface area (Å²) in [5.41, 5.74) is 1.15. The van der Waals surface area contributed by atoms with Crippen molar-refractivity contribution in [3.05, 3.63) is 41.5 Å². The summed E-state index contributed by atoms with van der Waals surface area (Å²) in [4.78, 5) is 18.3. The van der Waals surface area contributed by atoms with Gasteiger partial charge in [0.25, 0.3) is 0 Å². The number of ether oxygens (including phenoxy) is 2. The number of benzene rings is 1. The molecule has 0 bridgehead atoms. The Balaban J connectivity index is 1.56. The molecule has 1 saturated heterocycles. The maximum atomic E-state index is 12.1. The van der Waals surface area contributed by atoms with Crippen molar-refractivity contribution in [2.75, 3.05) is 26.9 Å². The van der Waals surface area contributed by atoms with Crippen molar-refractivity contribution in [3.63, 3.8) is 0 Å². The first-order valence-corrected chi connectivity index (χ1v) is 8.47. The number of carbonyl (C=O) groups excluding carboxylic acids is 1. The fourth-order valence-corrected chi connectivity index (χ4v) is 3.00. The number of likely N-dealkylation sites (tertiary alicyclic amines) is 1. The third-order valence-corrected chi connectivity index (χ3v) is 4.19. The highest BCUT2D eigenvalue weighted by atomic mass is 16.5. The Morgan fingerprint density at radius 1 is 1.44 bits per heavy atom. The van der Waals surface area contributed by atoms with E-state index in [1.165, 1.54) is 7.11 Å². The van der Waals surface area contributed by atoms with Crippen molar-refractivity contribution in [2.24, 2.45) is 0 Å². The minimum Gasteiger partial charge on any atom is -0.493 e. The second-order valence-electron chi connectivity index (χ2n) is 6.14. The van der Waals surface area contributed by atoms with E-state index in [0.29, 0.717) is 31.3 Å². The van der Waals surface area contributed by atoms with Crippen LogP contribution < -0.4 is 4.74 Å². The molecule has 0 radical (unpaired) electrons. The highest BCUT2D eigenvalue weighted by Gasteiger charge is 2.33. The summed E-state index contributed by atoms with van der Waals surface area (Å²) in [6, 6.07) is 7.74. The molecule has 0 aliphatic carbocycles. The summed E-state index contributed by atoms with van der Waals surface area (Å²) >= 11 is 0. The van der Waals surface area contributed by atoms with Gasteiger partial charge in [-0.25, -0.2) is 0 Å². The molecule has 1 unspecified atom stereocenters. The van der Waals surface area contributed by atoms with Crippen LogP contribution in [0.25, 0.3) is 0 Å². The number of amides is 1. The molecule has 3 rings (SSSR count). The summed E-state index contributed by atoms with van der Waals surface area (Å²) in [5.74, 6) is 1.87. The molecule has 1 aromatic carbocycles. The Morgan fingerprint density at radius 2 is 2.32 bits per heavy atom. The molecule has 25 heavy (non-hydrogen) atoms. The number of carbonyl (C=O) groups is 1. The largest absolute Gasteiger partial charge is 0.493 e. The van der Waals surface area contributed by atoms with Gasteiger partial charge in [-0.2, -0.15) is 4.98 Å². The minimum atomic E-state index is -0.151. The minimum absolute atomic E-state index is 0.0486. The zero-order valence-electron chi connectivity index (χ0n) is 14.6. The van der Waals surface area contributed by atoms with Gasteiger partial charge in [0.1, 0.15) is 18.4 Å². The zero-order chi connectivity index (χ0) is 17.6. The quantitative estimate of drug-likeness (QED) is 0.766. The average Bonchev–Trinajstić information content (AvgIpc) is 3.24. The normalized spacial score (nSPS) is 17.0. The van der Waals surface area contributed by atoms with Gasteiger partial charge < -0.3 is 18.9 Å². The van der Waals surface area contributed by atoms with E-state index in [9.17, 15) is 4.79 Å². The molecule has 1 atom stereocenters. The fourth-order valence-electron chi connectivity index (χ4n) is 3.00. The lowest BCUT2D eigenvalue weighted by molar-refractivity contribution is -0.136. The number of aromatic nitrogens is 2. The van der Waals surface area contributed by atoms with Crippen LogP contribution in [0.5, 0.6) is 5.75 Å². The molecule has 134 valence electrons. The van der Waals surface area contributed by atoms with Gasteiger partial charge in [-0.15, -0.1) is 0 Å². The molecule has 1 amide bonds. The first-order valence-electron chi connectivity index (χ1n) is 8.47. The number of hydrogen-bond donors (Lipinski definition) is 0. The van der Waals surface area contributed by atoms with Crippen LogP contribution in [0.4, 0.5) is 0 Å². The van der Waals surface area contributed by atoms with E-state index in [4.69, 9.17) is 14.0 Å². The smallest absolute Gasteiger partial charge is 0.249 e. The standard InChI is InChI=1S/C18H23N3O4/c1-13-5-3-6-14(11-13)24-10-8-16-19-18(25-20-16)15-7-4-9-21(15)17(22)12-23-2/h3,5-6,11,15H,4,7-10,12H2,1-2H3. The van der Waals surface area contributed by atoms with Crippen LogP contribution in [0.15, 0.2) is 28.8 Å². The fraction of sp³-hybridized carbons (Fsp3) is 0.500. The summed E-state index contributed by atoms with van der Waals surface area (Å²) in [6.45, 7) is 3.26. The van der Waals surface area contributed by atoms with Crippen molar-refractivity contribution >= 4 is 5.91 Å². The van der Waals surface area contributed by atoms with E-state index in [1.807, 2.05) is 31.2 Å². The van der Waals surface area contributed by atoms with Gasteiger partial charge in [0.05, 0.1) is 6.61 Å². The Labute approximate surface area is 146 Å². The van der Waals surface area contributed by atoms with Gasteiger partial charge in [-0.3, -0.25) is 4.79 Å². The lowest BCUT2D eigenvalue weighted by Gasteiger charge is -2.21. The summed E-state index contributed by atoms with van der Waals surface area (Å²) in [5, 5.41) is 4.01. The molecular formula is C18H23N3O4. The van der Waals surface area contributed by atoms with Crippen LogP contribution in [0.3, 0.4) is 0 Å². The van der Waals surface area contributed by atoms with Crippen LogP contribution in [-0.4, -0.2) is 47.8 Å². The van der Waals surface area contributed by atoms with Gasteiger partial charge in [0.2, 0.25) is 11.8 Å². The third kappa shape index (κ3) is 4.36. The predicted molar refractivity (Wildman–Crippen MR) is 90.2 cm³/mol. The van der Waals surface area contributed by atoms with Gasteiger partial charge in [0.15, 0.2) is 5.82 Å². The monoisotopic (exact) mass is 345 g/mol. The topological polar surface area (TPSA) is 77.7 Å². The van der Waals surface area contributed by atoms with E-state index in [-0.39, 0.29) is 18.6 Å². The summed E-state index contributed by atoms with van der Waals surface area (Å²) in [7, 11) is 1.52. The number of aryl methyl sites for hydroxylation is 1. The number of methoxy groups -OCH3 is 1. The lowest BCUT2D eigenvalue weighted by atomic mass is 10.2. The van der Waals surface area contributed by atoms with Crippen molar-refractivity contribution in [1.82, 2.24) is 15.0 Å². The van der Waals surface area contributed by atoms with Gasteiger partial charge >= 0.3 is 0 Å². The Hall–Kier alpha value is -2.41. The van der Waals surface area contributed by atoms with Gasteiger partial charge in [0, 0.05) is 20.1 Å². The van der Waals surface area contributed by atoms with Crippen molar-refractivity contribution in [1.29, 1.82) is 0 Å². The molecule has 0 saturated carbocycles. The van der Waals surface area contributed by atoms with Crippen molar-refractivity contribution in [3.8, 4) is 5.75 Å². The Bertz CT molecular complexity index is 716. The zero-order valence-corrected chi connectivity index (χ0v) is 14.6. The van der Waals surface area contributed by atoms with E-state index in [0.717, 1.165) is 24.2 Å². The number of hydrogen-bond acceptors (Lipinski definition) is 6. The maximum Gasteiger partial charge on any atom is 0.249 e. The second-order valence-corrected chi connectivity index (χ2v) is 6.14.